The third kappa shape index (κ3) is 5.50. The van der Waals surface area contributed by atoms with Crippen molar-refractivity contribution in [2.45, 2.75) is 12.3 Å². The van der Waals surface area contributed by atoms with Crippen molar-refractivity contribution in [1.29, 1.82) is 0 Å². The second-order valence-electron chi connectivity index (χ2n) is 15.1. The van der Waals surface area contributed by atoms with Crippen LogP contribution in [0.1, 0.15) is 23.6 Å². The van der Waals surface area contributed by atoms with Crippen molar-refractivity contribution < 1.29 is 4.42 Å². The van der Waals surface area contributed by atoms with Gasteiger partial charge in [0.1, 0.15) is 11.2 Å². The molecule has 2 aromatic heterocycles. The van der Waals surface area contributed by atoms with Gasteiger partial charge < -0.3 is 4.42 Å². The summed E-state index contributed by atoms with van der Waals surface area (Å²) in [6.45, 7) is 2.36. The molecule has 0 fully saturated rings. The largest absolute Gasteiger partial charge is 0.456 e. The molecule has 0 bridgehead atoms. The first kappa shape index (κ1) is 33.0. The molecule has 10 aromatic rings. The lowest BCUT2D eigenvalue weighted by molar-refractivity contribution is 0.669. The molecule has 0 aliphatic heterocycles. The average molecular weight is 729 g/mol. The van der Waals surface area contributed by atoms with Gasteiger partial charge in [-0.05, 0) is 93.4 Å². The molecule has 1 aliphatic carbocycles. The molecule has 0 spiro atoms. The number of rotatable bonds is 6. The molecule has 57 heavy (non-hydrogen) atoms. The van der Waals surface area contributed by atoms with Crippen molar-refractivity contribution in [1.82, 2.24) is 9.97 Å². The predicted octanol–water partition coefficient (Wildman–Crippen LogP) is 14.0. The summed E-state index contributed by atoms with van der Waals surface area (Å²) in [5.41, 5.74) is 17.6. The second kappa shape index (κ2) is 13.1. The van der Waals surface area contributed by atoms with Gasteiger partial charge in [-0.3, -0.25) is 0 Å². The standard InChI is InChI=1S/C54H36N2O/c1-54(42-17-6-3-7-18-42)47-21-10-8-19-43(47)45-32-39(27-29-48(45)54)35-23-25-36(26-24-35)49-34-50(56-53(55-49)37-13-4-2-5-14-37)41-16-12-15-38(31-41)40-28-30-52-46(33-40)44-20-9-11-22-51(44)57-52/h2-34H,1H3. The normalized spacial score (nSPS) is 14.5. The Balaban J connectivity index is 0.967. The molecular weight excluding hydrogens is 693 g/mol. The van der Waals surface area contributed by atoms with E-state index in [0.717, 1.165) is 61.1 Å². The van der Waals surface area contributed by atoms with Crippen LogP contribution in [-0.2, 0) is 5.41 Å². The van der Waals surface area contributed by atoms with Crippen molar-refractivity contribution in [2.75, 3.05) is 0 Å². The summed E-state index contributed by atoms with van der Waals surface area (Å²) in [6, 6.07) is 71.1. The van der Waals surface area contributed by atoms with E-state index in [1.54, 1.807) is 0 Å². The Morgan fingerprint density at radius 3 is 1.79 bits per heavy atom. The summed E-state index contributed by atoms with van der Waals surface area (Å²) in [5, 5.41) is 2.24. The van der Waals surface area contributed by atoms with Gasteiger partial charge in [0.2, 0.25) is 0 Å². The summed E-state index contributed by atoms with van der Waals surface area (Å²) in [6.07, 6.45) is 0. The number of benzene rings is 8. The van der Waals surface area contributed by atoms with Crippen LogP contribution >= 0.6 is 0 Å². The zero-order chi connectivity index (χ0) is 37.9. The fourth-order valence-corrected chi connectivity index (χ4v) is 8.82. The molecule has 0 N–H and O–H groups in total. The fraction of sp³-hybridized carbons (Fsp3) is 0.0370. The van der Waals surface area contributed by atoms with Crippen LogP contribution in [0.5, 0.6) is 0 Å². The number of fused-ring (bicyclic) bond motifs is 6. The van der Waals surface area contributed by atoms with E-state index in [4.69, 9.17) is 14.4 Å². The minimum absolute atomic E-state index is 0.210. The van der Waals surface area contributed by atoms with Crippen LogP contribution < -0.4 is 0 Å². The molecule has 0 saturated heterocycles. The van der Waals surface area contributed by atoms with Gasteiger partial charge in [0.15, 0.2) is 5.82 Å². The monoisotopic (exact) mass is 728 g/mol. The van der Waals surface area contributed by atoms with E-state index >= 15 is 0 Å². The average Bonchev–Trinajstić information content (AvgIpc) is 3.79. The van der Waals surface area contributed by atoms with Crippen molar-refractivity contribution >= 4 is 21.9 Å². The maximum Gasteiger partial charge on any atom is 0.160 e. The summed E-state index contributed by atoms with van der Waals surface area (Å²) in [7, 11) is 0. The van der Waals surface area contributed by atoms with Crippen LogP contribution in [0.3, 0.4) is 0 Å². The topological polar surface area (TPSA) is 38.9 Å². The van der Waals surface area contributed by atoms with E-state index in [1.165, 1.54) is 38.9 Å². The number of hydrogen-bond acceptors (Lipinski definition) is 3. The van der Waals surface area contributed by atoms with Crippen LogP contribution in [-0.4, -0.2) is 9.97 Å². The molecule has 0 amide bonds. The van der Waals surface area contributed by atoms with Crippen molar-refractivity contribution in [3.63, 3.8) is 0 Å². The fourth-order valence-electron chi connectivity index (χ4n) is 8.82. The van der Waals surface area contributed by atoms with Gasteiger partial charge in [0, 0.05) is 32.9 Å². The first-order valence-corrected chi connectivity index (χ1v) is 19.5. The molecule has 3 nitrogen and oxygen atoms in total. The Morgan fingerprint density at radius 1 is 0.368 bits per heavy atom. The predicted molar refractivity (Wildman–Crippen MR) is 234 cm³/mol. The first-order valence-electron chi connectivity index (χ1n) is 19.5. The van der Waals surface area contributed by atoms with Crippen molar-refractivity contribution in [3.8, 4) is 67.3 Å². The Kier molecular flexibility index (Phi) is 7.61. The highest BCUT2D eigenvalue weighted by molar-refractivity contribution is 6.06. The molecule has 3 heteroatoms. The van der Waals surface area contributed by atoms with E-state index in [0.29, 0.717) is 5.82 Å². The molecule has 1 atom stereocenters. The molecule has 8 aromatic carbocycles. The van der Waals surface area contributed by atoms with Crippen LogP contribution in [0.4, 0.5) is 0 Å². The maximum atomic E-state index is 6.12. The van der Waals surface area contributed by atoms with Gasteiger partial charge in [0.25, 0.3) is 0 Å². The highest BCUT2D eigenvalue weighted by Gasteiger charge is 2.40. The minimum atomic E-state index is -0.210. The number of para-hydroxylation sites is 1. The second-order valence-corrected chi connectivity index (χ2v) is 15.1. The highest BCUT2D eigenvalue weighted by atomic mass is 16.3. The summed E-state index contributed by atoms with van der Waals surface area (Å²) < 4.78 is 6.12. The zero-order valence-electron chi connectivity index (χ0n) is 31.4. The first-order chi connectivity index (χ1) is 28.1. The molecule has 1 aliphatic rings. The Labute approximate surface area is 331 Å². The van der Waals surface area contributed by atoms with Gasteiger partial charge in [-0.25, -0.2) is 9.97 Å². The Morgan fingerprint density at radius 2 is 0.947 bits per heavy atom. The van der Waals surface area contributed by atoms with Crippen LogP contribution in [0.15, 0.2) is 205 Å². The molecular formula is C54H36N2O. The zero-order valence-corrected chi connectivity index (χ0v) is 31.4. The van der Waals surface area contributed by atoms with Crippen molar-refractivity contribution in [2.24, 2.45) is 0 Å². The summed E-state index contributed by atoms with van der Waals surface area (Å²) in [5.74, 6) is 0.697. The van der Waals surface area contributed by atoms with Crippen molar-refractivity contribution in [3.05, 3.63) is 217 Å². The van der Waals surface area contributed by atoms with Crippen LogP contribution in [0.25, 0.3) is 89.2 Å². The third-order valence-corrected chi connectivity index (χ3v) is 11.8. The smallest absolute Gasteiger partial charge is 0.160 e. The highest BCUT2D eigenvalue weighted by Crippen LogP contribution is 2.53. The number of aromatic nitrogens is 2. The minimum Gasteiger partial charge on any atom is -0.456 e. The molecule has 0 radical (unpaired) electrons. The lowest BCUT2D eigenvalue weighted by Crippen LogP contribution is -2.22. The molecule has 11 rings (SSSR count). The number of nitrogens with zero attached hydrogens (tertiary/aromatic N) is 2. The van der Waals surface area contributed by atoms with Gasteiger partial charge in [0.05, 0.1) is 11.4 Å². The Bertz CT molecular complexity index is 3130. The maximum absolute atomic E-state index is 6.12. The molecule has 2 heterocycles. The summed E-state index contributed by atoms with van der Waals surface area (Å²) >= 11 is 0. The van der Waals surface area contributed by atoms with E-state index < -0.39 is 0 Å². The Hall–Kier alpha value is -7.36. The van der Waals surface area contributed by atoms with Gasteiger partial charge >= 0.3 is 0 Å². The summed E-state index contributed by atoms with van der Waals surface area (Å²) in [4.78, 5) is 10.3. The molecule has 0 saturated carbocycles. The van der Waals surface area contributed by atoms with E-state index in [9.17, 15) is 0 Å². The third-order valence-electron chi connectivity index (χ3n) is 11.8. The SMILES string of the molecule is CC1(c2ccccc2)c2ccccc2-c2cc(-c3ccc(-c4cc(-c5cccc(-c6ccc7oc8ccccc8c7c6)c5)nc(-c5ccccc5)n4)cc3)ccc21. The van der Waals surface area contributed by atoms with Crippen LogP contribution in [0.2, 0.25) is 0 Å². The van der Waals surface area contributed by atoms with Gasteiger partial charge in [-0.2, -0.15) is 0 Å². The van der Waals surface area contributed by atoms with Gasteiger partial charge in [-0.1, -0.05) is 164 Å². The molecule has 1 unspecified atom stereocenters. The van der Waals surface area contributed by atoms with E-state index in [2.05, 4.69) is 177 Å². The quantitative estimate of drug-likeness (QED) is 0.171. The lowest BCUT2D eigenvalue weighted by Gasteiger charge is -2.28. The van der Waals surface area contributed by atoms with E-state index in [1.807, 2.05) is 30.3 Å². The number of hydrogen-bond donors (Lipinski definition) is 0. The number of furan rings is 1. The molecule has 268 valence electrons. The van der Waals surface area contributed by atoms with E-state index in [-0.39, 0.29) is 5.41 Å². The van der Waals surface area contributed by atoms with Gasteiger partial charge in [-0.15, -0.1) is 0 Å². The lowest BCUT2D eigenvalue weighted by atomic mass is 9.74. The van der Waals surface area contributed by atoms with Crippen LogP contribution in [0, 0.1) is 0 Å².